The van der Waals surface area contributed by atoms with Crippen molar-refractivity contribution in [1.29, 1.82) is 0 Å². The molecule has 4 heteroatoms. The average molecular weight is 148 g/mol. The van der Waals surface area contributed by atoms with E-state index < -0.39 is 18.3 Å². The number of rotatable bonds is 2. The van der Waals surface area contributed by atoms with Gasteiger partial charge in [0.05, 0.1) is 0 Å². The van der Waals surface area contributed by atoms with Gasteiger partial charge in [0.2, 0.25) is 0 Å². The monoisotopic (exact) mass is 148 g/mol. The minimum atomic E-state index is -0.997. The molecular weight excluding hydrogens is 136 g/mol. The van der Waals surface area contributed by atoms with E-state index in [0.717, 1.165) is 6.61 Å². The molecule has 48 valence electrons. The van der Waals surface area contributed by atoms with Gasteiger partial charge in [-0.15, -0.1) is 0 Å². The van der Waals surface area contributed by atoms with Crippen LogP contribution in [0.5, 0.6) is 0 Å². The van der Waals surface area contributed by atoms with Crippen LogP contribution in [0.4, 0.5) is 0 Å². The Morgan fingerprint density at radius 2 is 2.25 bits per heavy atom. The van der Waals surface area contributed by atoms with Crippen molar-refractivity contribution in [3.05, 3.63) is 0 Å². The summed E-state index contributed by atoms with van der Waals surface area (Å²) >= 11 is 0. The van der Waals surface area contributed by atoms with Crippen LogP contribution in [0, 0.1) is 0 Å². The summed E-state index contributed by atoms with van der Waals surface area (Å²) in [6.07, 6.45) is 0. The SMILES string of the molecule is C[SiH](C)O[SiH]1CCO1. The van der Waals surface area contributed by atoms with Crippen LogP contribution in [0.1, 0.15) is 0 Å². The Morgan fingerprint density at radius 3 is 2.38 bits per heavy atom. The molecule has 8 heavy (non-hydrogen) atoms. The van der Waals surface area contributed by atoms with Crippen molar-refractivity contribution >= 4 is 18.3 Å². The van der Waals surface area contributed by atoms with Gasteiger partial charge in [-0.2, -0.15) is 0 Å². The first-order valence-corrected chi connectivity index (χ1v) is 7.60. The van der Waals surface area contributed by atoms with Crippen molar-refractivity contribution < 1.29 is 8.54 Å². The molecular formula is C4H12O2Si2. The van der Waals surface area contributed by atoms with E-state index in [-0.39, 0.29) is 0 Å². The molecule has 1 aliphatic heterocycles. The zero-order valence-electron chi connectivity index (χ0n) is 5.39. The van der Waals surface area contributed by atoms with E-state index in [1.54, 1.807) is 0 Å². The largest absolute Gasteiger partial charge is 0.441 e. The van der Waals surface area contributed by atoms with E-state index in [0.29, 0.717) is 0 Å². The Labute approximate surface area is 53.4 Å². The summed E-state index contributed by atoms with van der Waals surface area (Å²) < 4.78 is 10.7. The number of hydrogen-bond donors (Lipinski definition) is 0. The Hall–Kier alpha value is 0.354. The molecule has 0 saturated carbocycles. The Balaban J connectivity index is 2.01. The fraction of sp³-hybridized carbons (Fsp3) is 1.00. The highest BCUT2D eigenvalue weighted by Crippen LogP contribution is 2.09. The molecule has 0 aliphatic carbocycles. The molecule has 1 aliphatic rings. The van der Waals surface area contributed by atoms with Crippen molar-refractivity contribution in [2.45, 2.75) is 19.1 Å². The van der Waals surface area contributed by atoms with Crippen LogP contribution in [0.25, 0.3) is 0 Å². The molecule has 0 radical (unpaired) electrons. The first kappa shape index (κ1) is 6.47. The lowest BCUT2D eigenvalue weighted by atomic mass is 10.9. The topological polar surface area (TPSA) is 18.5 Å². The van der Waals surface area contributed by atoms with Gasteiger partial charge in [-0.3, -0.25) is 0 Å². The van der Waals surface area contributed by atoms with Crippen LogP contribution in [-0.4, -0.2) is 24.9 Å². The highest BCUT2D eigenvalue weighted by atomic mass is 28.4. The van der Waals surface area contributed by atoms with Crippen LogP contribution in [0.2, 0.25) is 19.1 Å². The first-order valence-electron chi connectivity index (χ1n) is 3.06. The van der Waals surface area contributed by atoms with Gasteiger partial charge in [0.25, 0.3) is 0 Å². The molecule has 0 aromatic rings. The zero-order valence-corrected chi connectivity index (χ0v) is 7.69. The van der Waals surface area contributed by atoms with Gasteiger partial charge in [-0.1, -0.05) is 0 Å². The smallest absolute Gasteiger partial charge is 0.313 e. The molecule has 1 atom stereocenters. The second-order valence-corrected chi connectivity index (χ2v) is 7.23. The highest BCUT2D eigenvalue weighted by molar-refractivity contribution is 6.62. The summed E-state index contributed by atoms with van der Waals surface area (Å²) in [5, 5.41) is 0. The predicted molar refractivity (Wildman–Crippen MR) is 37.9 cm³/mol. The molecule has 2 nitrogen and oxygen atoms in total. The summed E-state index contributed by atoms with van der Waals surface area (Å²) in [7, 11) is -1.75. The third kappa shape index (κ3) is 1.70. The number of hydrogen-bond acceptors (Lipinski definition) is 2. The van der Waals surface area contributed by atoms with Crippen LogP contribution in [0.15, 0.2) is 0 Å². The normalized spacial score (nSPS) is 28.1. The van der Waals surface area contributed by atoms with Crippen LogP contribution in [-0.2, 0) is 8.54 Å². The molecule has 0 aromatic heterocycles. The molecule has 1 heterocycles. The maximum Gasteiger partial charge on any atom is 0.313 e. The lowest BCUT2D eigenvalue weighted by molar-refractivity contribution is 0.217. The first-order chi connectivity index (χ1) is 3.79. The molecule has 0 aromatic carbocycles. The quantitative estimate of drug-likeness (QED) is 0.522. The minimum Gasteiger partial charge on any atom is -0.441 e. The lowest BCUT2D eigenvalue weighted by Crippen LogP contribution is -2.37. The van der Waals surface area contributed by atoms with Gasteiger partial charge < -0.3 is 8.54 Å². The molecule has 0 bridgehead atoms. The van der Waals surface area contributed by atoms with E-state index in [4.69, 9.17) is 8.54 Å². The molecule has 0 amide bonds. The highest BCUT2D eigenvalue weighted by Gasteiger charge is 2.22. The maximum absolute atomic E-state index is 5.54. The maximum atomic E-state index is 5.54. The third-order valence-electron chi connectivity index (χ3n) is 1.08. The van der Waals surface area contributed by atoms with Crippen molar-refractivity contribution in [3.63, 3.8) is 0 Å². The van der Waals surface area contributed by atoms with E-state index in [2.05, 4.69) is 13.1 Å². The van der Waals surface area contributed by atoms with Crippen LogP contribution >= 0.6 is 0 Å². The lowest BCUT2D eigenvalue weighted by Gasteiger charge is -2.26. The van der Waals surface area contributed by atoms with Crippen LogP contribution in [0.3, 0.4) is 0 Å². The van der Waals surface area contributed by atoms with Gasteiger partial charge in [-0.25, -0.2) is 0 Å². The van der Waals surface area contributed by atoms with Crippen LogP contribution < -0.4 is 0 Å². The summed E-state index contributed by atoms with van der Waals surface area (Å²) in [6, 6.07) is 1.24. The molecule has 1 fully saturated rings. The predicted octanol–water partition coefficient (Wildman–Crippen LogP) is 0.237. The Morgan fingerprint density at radius 1 is 1.62 bits per heavy atom. The summed E-state index contributed by atoms with van der Waals surface area (Å²) in [5.41, 5.74) is 0. The molecule has 0 spiro atoms. The summed E-state index contributed by atoms with van der Waals surface area (Å²) in [6.45, 7) is 5.33. The zero-order chi connectivity index (χ0) is 5.98. The second kappa shape index (κ2) is 2.77. The van der Waals surface area contributed by atoms with E-state index in [1.807, 2.05) is 0 Å². The summed E-state index contributed by atoms with van der Waals surface area (Å²) in [5.74, 6) is 0. The van der Waals surface area contributed by atoms with E-state index in [9.17, 15) is 0 Å². The van der Waals surface area contributed by atoms with Gasteiger partial charge in [-0.05, 0) is 13.1 Å². The van der Waals surface area contributed by atoms with Crippen molar-refractivity contribution in [1.82, 2.24) is 0 Å². The molecule has 1 saturated heterocycles. The minimum absolute atomic E-state index is 0.758. The van der Waals surface area contributed by atoms with Crippen molar-refractivity contribution in [2.75, 3.05) is 6.61 Å². The Bertz CT molecular complexity index is 72.4. The molecule has 1 rings (SSSR count). The van der Waals surface area contributed by atoms with Gasteiger partial charge in [0.1, 0.15) is 0 Å². The third-order valence-corrected chi connectivity index (χ3v) is 5.79. The second-order valence-electron chi connectivity index (χ2n) is 2.27. The van der Waals surface area contributed by atoms with E-state index in [1.165, 1.54) is 6.04 Å². The van der Waals surface area contributed by atoms with Gasteiger partial charge >= 0.3 is 9.28 Å². The molecule has 1 unspecified atom stereocenters. The molecule has 0 N–H and O–H groups in total. The Kier molecular flexibility index (Phi) is 2.24. The van der Waals surface area contributed by atoms with Crippen molar-refractivity contribution in [2.24, 2.45) is 0 Å². The van der Waals surface area contributed by atoms with Gasteiger partial charge in [0, 0.05) is 12.7 Å². The average Bonchev–Trinajstić information content (AvgIpc) is 1.55. The van der Waals surface area contributed by atoms with Crippen molar-refractivity contribution in [3.8, 4) is 0 Å². The van der Waals surface area contributed by atoms with Gasteiger partial charge in [0.15, 0.2) is 9.04 Å². The fourth-order valence-corrected chi connectivity index (χ4v) is 4.34. The standard InChI is InChI=1S/C4H12O2Si2/c1-7(2)6-8-4-3-5-8/h7-8H,3-4H2,1-2H3. The summed E-state index contributed by atoms with van der Waals surface area (Å²) in [4.78, 5) is 0. The fourth-order valence-electron chi connectivity index (χ4n) is 0.625. The van der Waals surface area contributed by atoms with E-state index >= 15 is 0 Å².